The fourth-order valence-electron chi connectivity index (χ4n) is 4.09. The van der Waals surface area contributed by atoms with Crippen LogP contribution in [0.1, 0.15) is 65.3 Å². The van der Waals surface area contributed by atoms with Crippen LogP contribution in [0.2, 0.25) is 18.1 Å². The number of nitrogens with zero attached hydrogens (tertiary/aromatic N) is 1. The number of carbonyl (C=O) groups is 1. The highest BCUT2D eigenvalue weighted by Gasteiger charge is 2.42. The molecule has 34 heavy (non-hydrogen) atoms. The van der Waals surface area contributed by atoms with Crippen molar-refractivity contribution >= 4 is 31.3 Å². The minimum Gasteiger partial charge on any atom is -0.465 e. The topological polar surface area (TPSA) is 57.7 Å². The van der Waals surface area contributed by atoms with Gasteiger partial charge in [0.2, 0.25) is 0 Å². The second-order valence-corrected chi connectivity index (χ2v) is 15.9. The van der Waals surface area contributed by atoms with Crippen molar-refractivity contribution in [3.8, 4) is 0 Å². The SMILES string of the molecule is CCOC(=O)C(C)(C=Cc1ccc2ccc([C@@H](C)O[Si](C)(C)C(C)(C)C)nc2c1)C1CCOC1. The molecule has 1 aliphatic heterocycles. The van der Waals surface area contributed by atoms with Gasteiger partial charge in [0.15, 0.2) is 8.32 Å². The summed E-state index contributed by atoms with van der Waals surface area (Å²) in [4.78, 5) is 17.8. The largest absolute Gasteiger partial charge is 0.465 e. The molecule has 0 N–H and O–H groups in total. The number of rotatable bonds is 8. The molecule has 2 heterocycles. The zero-order valence-corrected chi connectivity index (χ0v) is 23.1. The Labute approximate surface area is 206 Å². The number of fused-ring (bicyclic) bond motifs is 1. The third-order valence-electron chi connectivity index (χ3n) is 7.55. The highest BCUT2D eigenvalue weighted by atomic mass is 28.4. The molecule has 186 valence electrons. The van der Waals surface area contributed by atoms with E-state index in [0.717, 1.165) is 28.6 Å². The van der Waals surface area contributed by atoms with Gasteiger partial charge in [-0.3, -0.25) is 9.78 Å². The first-order valence-electron chi connectivity index (χ1n) is 12.4. The van der Waals surface area contributed by atoms with Gasteiger partial charge in [0.25, 0.3) is 0 Å². The number of carbonyl (C=O) groups excluding carboxylic acids is 1. The summed E-state index contributed by atoms with van der Waals surface area (Å²) < 4.78 is 17.6. The Kier molecular flexibility index (Phi) is 8.05. The van der Waals surface area contributed by atoms with E-state index in [1.54, 1.807) is 0 Å². The number of aromatic nitrogens is 1. The standard InChI is InChI=1S/C28H41NO4Si/c1-9-32-26(30)28(6,23-15-17-31-19-23)16-14-21-10-11-22-12-13-24(29-25(22)18-21)20(2)33-34(7,8)27(3,4)5/h10-14,16,18,20,23H,9,15,17,19H2,1-8H3/t20-,23?,28?/m1/s1. The number of hydrogen-bond acceptors (Lipinski definition) is 5. The second-order valence-electron chi connectivity index (χ2n) is 11.1. The summed E-state index contributed by atoms with van der Waals surface area (Å²) in [5, 5.41) is 1.23. The minimum atomic E-state index is -1.90. The first kappa shape index (κ1) is 26.6. The van der Waals surface area contributed by atoms with Crippen LogP contribution in [0.3, 0.4) is 0 Å². The predicted octanol–water partition coefficient (Wildman–Crippen LogP) is 6.94. The molecule has 6 heteroatoms. The molecule has 1 aromatic carbocycles. The smallest absolute Gasteiger partial charge is 0.316 e. The molecule has 0 saturated carbocycles. The lowest BCUT2D eigenvalue weighted by atomic mass is 9.76. The van der Waals surface area contributed by atoms with Crippen molar-refractivity contribution in [2.24, 2.45) is 11.3 Å². The van der Waals surface area contributed by atoms with Crippen molar-refractivity contribution in [1.82, 2.24) is 4.98 Å². The van der Waals surface area contributed by atoms with Crippen LogP contribution in [0.5, 0.6) is 0 Å². The molecule has 3 rings (SSSR count). The summed E-state index contributed by atoms with van der Waals surface area (Å²) in [5.74, 6) is -0.0825. The molecule has 2 unspecified atom stereocenters. The van der Waals surface area contributed by atoms with Gasteiger partial charge < -0.3 is 13.9 Å². The molecule has 5 nitrogen and oxygen atoms in total. The third kappa shape index (κ3) is 5.78. The van der Waals surface area contributed by atoms with Crippen molar-refractivity contribution in [3.05, 3.63) is 47.7 Å². The lowest BCUT2D eigenvalue weighted by Crippen LogP contribution is -2.41. The quantitative estimate of drug-likeness (QED) is 0.301. The number of benzene rings is 1. The van der Waals surface area contributed by atoms with Crippen LogP contribution in [-0.4, -0.2) is 39.1 Å². The predicted molar refractivity (Wildman–Crippen MR) is 141 cm³/mol. The molecular formula is C28H41NO4Si. The molecule has 0 spiro atoms. The molecule has 0 bridgehead atoms. The van der Waals surface area contributed by atoms with Gasteiger partial charge in [-0.1, -0.05) is 51.1 Å². The van der Waals surface area contributed by atoms with Gasteiger partial charge in [-0.2, -0.15) is 0 Å². The highest BCUT2D eigenvalue weighted by Crippen LogP contribution is 2.40. The maximum atomic E-state index is 12.8. The second kappa shape index (κ2) is 10.3. The van der Waals surface area contributed by atoms with Gasteiger partial charge in [0.1, 0.15) is 0 Å². The highest BCUT2D eigenvalue weighted by molar-refractivity contribution is 6.74. The van der Waals surface area contributed by atoms with E-state index in [4.69, 9.17) is 18.9 Å². The number of ether oxygens (including phenoxy) is 2. The van der Waals surface area contributed by atoms with Crippen LogP contribution in [-0.2, 0) is 18.7 Å². The summed E-state index contributed by atoms with van der Waals surface area (Å²) >= 11 is 0. The fourth-order valence-corrected chi connectivity index (χ4v) is 5.45. The summed E-state index contributed by atoms with van der Waals surface area (Å²) in [5.41, 5.74) is 2.15. The molecule has 1 aromatic heterocycles. The Morgan fingerprint density at radius 3 is 2.56 bits per heavy atom. The van der Waals surface area contributed by atoms with Gasteiger partial charge in [-0.25, -0.2) is 0 Å². The molecule has 1 aliphatic rings. The first-order valence-corrected chi connectivity index (χ1v) is 15.3. The number of hydrogen-bond donors (Lipinski definition) is 0. The molecular weight excluding hydrogens is 442 g/mol. The van der Waals surface area contributed by atoms with Crippen molar-refractivity contribution < 1.29 is 18.7 Å². The minimum absolute atomic E-state index is 0.0704. The van der Waals surface area contributed by atoms with Crippen molar-refractivity contribution in [3.63, 3.8) is 0 Å². The average molecular weight is 484 g/mol. The summed E-state index contributed by atoms with van der Waals surface area (Å²) in [6, 6.07) is 10.4. The van der Waals surface area contributed by atoms with Crippen LogP contribution in [0.4, 0.5) is 0 Å². The van der Waals surface area contributed by atoms with Crippen molar-refractivity contribution in [2.45, 2.75) is 72.2 Å². The van der Waals surface area contributed by atoms with Gasteiger partial charge in [0.05, 0.1) is 35.9 Å². The average Bonchev–Trinajstić information content (AvgIpc) is 3.31. The lowest BCUT2D eigenvalue weighted by Gasteiger charge is -2.38. The van der Waals surface area contributed by atoms with Crippen molar-refractivity contribution in [1.29, 1.82) is 0 Å². The summed E-state index contributed by atoms with van der Waals surface area (Å²) in [6.07, 6.45) is 4.78. The zero-order valence-electron chi connectivity index (χ0n) is 22.1. The molecule has 2 aromatic rings. The maximum absolute atomic E-state index is 12.8. The van der Waals surface area contributed by atoms with E-state index >= 15 is 0 Å². The van der Waals surface area contributed by atoms with Crippen LogP contribution in [0.25, 0.3) is 17.0 Å². The molecule has 0 amide bonds. The Morgan fingerprint density at radius 2 is 1.94 bits per heavy atom. The summed E-state index contributed by atoms with van der Waals surface area (Å²) in [6.45, 7) is 18.8. The van der Waals surface area contributed by atoms with E-state index < -0.39 is 13.7 Å². The Hall–Kier alpha value is -2.02. The Balaban J connectivity index is 1.87. The van der Waals surface area contributed by atoms with Crippen LogP contribution >= 0.6 is 0 Å². The van der Waals surface area contributed by atoms with Crippen LogP contribution in [0.15, 0.2) is 36.4 Å². The van der Waals surface area contributed by atoms with Gasteiger partial charge in [-0.15, -0.1) is 0 Å². The van der Waals surface area contributed by atoms with E-state index in [1.165, 1.54) is 0 Å². The fraction of sp³-hybridized carbons (Fsp3) is 0.571. The first-order chi connectivity index (χ1) is 15.9. The third-order valence-corrected chi connectivity index (χ3v) is 12.1. The monoisotopic (exact) mass is 483 g/mol. The lowest BCUT2D eigenvalue weighted by molar-refractivity contribution is -0.154. The molecule has 3 atom stereocenters. The molecule has 0 radical (unpaired) electrons. The Morgan fingerprint density at radius 1 is 1.24 bits per heavy atom. The zero-order chi connectivity index (χ0) is 25.1. The van der Waals surface area contributed by atoms with Gasteiger partial charge in [-0.05, 0) is 63.0 Å². The summed E-state index contributed by atoms with van der Waals surface area (Å²) in [7, 11) is -1.90. The number of esters is 1. The maximum Gasteiger partial charge on any atom is 0.316 e. The van der Waals surface area contributed by atoms with Gasteiger partial charge >= 0.3 is 5.97 Å². The van der Waals surface area contributed by atoms with E-state index in [0.29, 0.717) is 19.8 Å². The number of pyridine rings is 1. The normalized spacial score (nSPS) is 19.9. The van der Waals surface area contributed by atoms with E-state index in [9.17, 15) is 4.79 Å². The van der Waals surface area contributed by atoms with E-state index in [1.807, 2.05) is 26.0 Å². The molecule has 1 fully saturated rings. The Bertz CT molecular complexity index is 1040. The van der Waals surface area contributed by atoms with Crippen LogP contribution < -0.4 is 0 Å². The van der Waals surface area contributed by atoms with Gasteiger partial charge in [0, 0.05) is 17.9 Å². The van der Waals surface area contributed by atoms with E-state index in [-0.39, 0.29) is 23.0 Å². The van der Waals surface area contributed by atoms with Crippen LogP contribution in [0, 0.1) is 11.3 Å². The van der Waals surface area contributed by atoms with E-state index in [2.05, 4.69) is 71.1 Å². The van der Waals surface area contributed by atoms with Crippen molar-refractivity contribution in [2.75, 3.05) is 19.8 Å². The molecule has 0 aliphatic carbocycles. The molecule has 1 saturated heterocycles.